The van der Waals surface area contributed by atoms with Crippen molar-refractivity contribution in [1.29, 1.82) is 0 Å². The molecule has 0 radical (unpaired) electrons. The highest BCUT2D eigenvalue weighted by molar-refractivity contribution is 7.14. The molecule has 1 aromatic heterocycles. The first kappa shape index (κ1) is 19.8. The number of thiophene rings is 1. The monoisotopic (exact) mass is 424 g/mol. The third kappa shape index (κ3) is 3.84. The summed E-state index contributed by atoms with van der Waals surface area (Å²) in [5.74, 6) is -0.849. The Labute approximate surface area is 174 Å². The Morgan fingerprint density at radius 2 is 1.57 bits per heavy atom. The summed E-state index contributed by atoms with van der Waals surface area (Å²) < 4.78 is 40.7. The molecule has 7 heteroatoms. The Morgan fingerprint density at radius 1 is 0.900 bits per heavy atom. The Balaban J connectivity index is 1.76. The van der Waals surface area contributed by atoms with Crippen LogP contribution in [-0.2, 0) is 6.18 Å². The Hall–Kier alpha value is -3.45. The van der Waals surface area contributed by atoms with E-state index in [4.69, 9.17) is 5.73 Å². The molecule has 0 unspecified atom stereocenters. The largest absolute Gasteiger partial charge is 0.426 e. The van der Waals surface area contributed by atoms with E-state index in [2.05, 4.69) is 4.99 Å². The van der Waals surface area contributed by atoms with Crippen LogP contribution in [0.3, 0.4) is 0 Å². The number of amides is 1. The quantitative estimate of drug-likeness (QED) is 0.318. The van der Waals surface area contributed by atoms with Crippen molar-refractivity contribution in [3.05, 3.63) is 94.2 Å². The number of carbonyl (C=O) groups is 1. The Kier molecular flexibility index (Phi) is 5.13. The van der Waals surface area contributed by atoms with Gasteiger partial charge in [-0.15, -0.1) is 11.3 Å². The van der Waals surface area contributed by atoms with Crippen LogP contribution in [0.2, 0.25) is 0 Å². The van der Waals surface area contributed by atoms with Gasteiger partial charge in [-0.3, -0.25) is 4.79 Å². The smallest absolute Gasteiger partial charge is 0.383 e. The number of amidine groups is 1. The first-order chi connectivity index (χ1) is 14.3. The third-order valence-electron chi connectivity index (χ3n) is 4.57. The van der Waals surface area contributed by atoms with E-state index in [1.54, 1.807) is 42.5 Å². The summed E-state index contributed by atoms with van der Waals surface area (Å²) in [6.45, 7) is 0. The summed E-state index contributed by atoms with van der Waals surface area (Å²) in [6.07, 6.45) is -4.58. The third-order valence-corrected chi connectivity index (χ3v) is 5.74. The summed E-state index contributed by atoms with van der Waals surface area (Å²) in [5.41, 5.74) is 6.94. The normalized spacial score (nSPS) is 12.3. The van der Waals surface area contributed by atoms with Crippen LogP contribution in [0.25, 0.3) is 21.9 Å². The van der Waals surface area contributed by atoms with Crippen molar-refractivity contribution in [3.63, 3.8) is 0 Å². The molecule has 1 amide bonds. The van der Waals surface area contributed by atoms with Gasteiger partial charge in [0.2, 0.25) is 0 Å². The van der Waals surface area contributed by atoms with Gasteiger partial charge in [0.15, 0.2) is 0 Å². The number of alkyl halides is 3. The van der Waals surface area contributed by atoms with Gasteiger partial charge < -0.3 is 5.73 Å². The summed E-state index contributed by atoms with van der Waals surface area (Å²) in [7, 11) is 0. The molecule has 0 atom stereocenters. The Bertz CT molecular complexity index is 1260. The fraction of sp³-hybridized carbons (Fsp3) is 0.0435. The maximum absolute atomic E-state index is 13.6. The van der Waals surface area contributed by atoms with E-state index in [0.29, 0.717) is 22.5 Å². The number of hydrogen-bond donors (Lipinski definition) is 1. The number of nitrogens with two attached hydrogens (primary N) is 1. The number of carbonyl (C=O) groups excluding carboxylic acids is 1. The van der Waals surface area contributed by atoms with Gasteiger partial charge in [0.1, 0.15) is 10.7 Å². The van der Waals surface area contributed by atoms with Crippen LogP contribution in [0.5, 0.6) is 0 Å². The molecule has 150 valence electrons. The van der Waals surface area contributed by atoms with E-state index in [9.17, 15) is 18.0 Å². The van der Waals surface area contributed by atoms with Gasteiger partial charge in [0.25, 0.3) is 5.91 Å². The molecule has 3 aromatic carbocycles. The fourth-order valence-electron chi connectivity index (χ4n) is 3.21. The number of nitrogens with zero attached hydrogens (tertiary/aromatic N) is 1. The molecule has 2 N–H and O–H groups in total. The van der Waals surface area contributed by atoms with Crippen molar-refractivity contribution in [2.75, 3.05) is 0 Å². The van der Waals surface area contributed by atoms with Gasteiger partial charge >= 0.3 is 6.18 Å². The van der Waals surface area contributed by atoms with Crippen molar-refractivity contribution in [1.82, 2.24) is 0 Å². The van der Waals surface area contributed by atoms with Gasteiger partial charge in [-0.1, -0.05) is 72.8 Å². The molecule has 1 heterocycles. The minimum Gasteiger partial charge on any atom is -0.383 e. The van der Waals surface area contributed by atoms with E-state index < -0.39 is 17.0 Å². The number of aliphatic imine (C=N–C) groups is 1. The van der Waals surface area contributed by atoms with Crippen molar-refractivity contribution >= 4 is 33.9 Å². The first-order valence-corrected chi connectivity index (χ1v) is 9.79. The molecule has 3 nitrogen and oxygen atoms in total. The second kappa shape index (κ2) is 7.76. The van der Waals surface area contributed by atoms with Crippen LogP contribution in [0.15, 0.2) is 83.9 Å². The van der Waals surface area contributed by atoms with Gasteiger partial charge in [0, 0.05) is 11.1 Å². The topological polar surface area (TPSA) is 55.4 Å². The first-order valence-electron chi connectivity index (χ1n) is 8.97. The van der Waals surface area contributed by atoms with Crippen molar-refractivity contribution in [2.45, 2.75) is 6.18 Å². The van der Waals surface area contributed by atoms with Crippen LogP contribution in [0, 0.1) is 0 Å². The van der Waals surface area contributed by atoms with E-state index in [1.165, 1.54) is 6.07 Å². The predicted octanol–water partition coefficient (Wildman–Crippen LogP) is 6.13. The zero-order valence-corrected chi connectivity index (χ0v) is 16.3. The van der Waals surface area contributed by atoms with Crippen molar-refractivity contribution < 1.29 is 18.0 Å². The minimum atomic E-state index is -4.58. The van der Waals surface area contributed by atoms with Gasteiger partial charge in [0.05, 0.1) is 4.88 Å². The molecule has 30 heavy (non-hydrogen) atoms. The minimum absolute atomic E-state index is 0.0416. The highest BCUT2D eigenvalue weighted by Crippen LogP contribution is 2.43. The number of benzene rings is 3. The van der Waals surface area contributed by atoms with E-state index in [-0.39, 0.29) is 16.3 Å². The molecule has 4 aromatic rings. The zero-order valence-electron chi connectivity index (χ0n) is 15.5. The predicted molar refractivity (Wildman–Crippen MR) is 114 cm³/mol. The highest BCUT2D eigenvalue weighted by Gasteiger charge is 2.37. The van der Waals surface area contributed by atoms with Crippen LogP contribution in [0.1, 0.15) is 20.1 Å². The van der Waals surface area contributed by atoms with Crippen LogP contribution >= 0.6 is 11.3 Å². The molecule has 0 aliphatic heterocycles. The van der Waals surface area contributed by atoms with Gasteiger partial charge in [-0.25, -0.2) is 0 Å². The number of halogens is 3. The summed E-state index contributed by atoms with van der Waals surface area (Å²) in [6, 6.07) is 22.2. The summed E-state index contributed by atoms with van der Waals surface area (Å²) in [4.78, 5) is 15.6. The van der Waals surface area contributed by atoms with E-state index in [0.717, 1.165) is 10.8 Å². The molecule has 0 saturated carbocycles. The lowest BCUT2D eigenvalue weighted by Crippen LogP contribution is -2.16. The second-order valence-corrected chi connectivity index (χ2v) is 7.60. The number of fused-ring (bicyclic) bond motifs is 1. The SMILES string of the molecule is NC(=NC(=O)c1cc(-c2ccccc2)c(C(F)(F)F)s1)c1cccc2ccccc12. The molecule has 0 fully saturated rings. The number of rotatable bonds is 3. The molecule has 0 aliphatic carbocycles. The van der Waals surface area contributed by atoms with Crippen LogP contribution < -0.4 is 5.73 Å². The van der Waals surface area contributed by atoms with Crippen LogP contribution in [-0.4, -0.2) is 11.7 Å². The molecule has 4 rings (SSSR count). The fourth-order valence-corrected chi connectivity index (χ4v) is 4.14. The summed E-state index contributed by atoms with van der Waals surface area (Å²) >= 11 is 0.373. The van der Waals surface area contributed by atoms with Gasteiger partial charge in [-0.05, 0) is 22.4 Å². The highest BCUT2D eigenvalue weighted by atomic mass is 32.1. The molecular formula is C23H15F3N2OS. The lowest BCUT2D eigenvalue weighted by molar-refractivity contribution is -0.133. The van der Waals surface area contributed by atoms with E-state index in [1.807, 2.05) is 30.3 Å². The van der Waals surface area contributed by atoms with Crippen molar-refractivity contribution in [3.8, 4) is 11.1 Å². The molecule has 0 bridgehead atoms. The van der Waals surface area contributed by atoms with Gasteiger partial charge in [-0.2, -0.15) is 18.2 Å². The summed E-state index contributed by atoms with van der Waals surface area (Å²) in [5, 5.41) is 1.73. The zero-order chi connectivity index (χ0) is 21.3. The lowest BCUT2D eigenvalue weighted by atomic mass is 10.0. The number of hydrogen-bond acceptors (Lipinski definition) is 2. The maximum Gasteiger partial charge on any atom is 0.426 e. The van der Waals surface area contributed by atoms with Crippen molar-refractivity contribution in [2.24, 2.45) is 10.7 Å². The van der Waals surface area contributed by atoms with Crippen LogP contribution in [0.4, 0.5) is 13.2 Å². The molecule has 0 aliphatic rings. The average molecular weight is 424 g/mol. The Morgan fingerprint density at radius 3 is 2.30 bits per heavy atom. The van der Waals surface area contributed by atoms with E-state index >= 15 is 0 Å². The molecule has 0 spiro atoms. The molecular weight excluding hydrogens is 409 g/mol. The second-order valence-electron chi connectivity index (χ2n) is 6.55. The lowest BCUT2D eigenvalue weighted by Gasteiger charge is -2.07. The molecule has 0 saturated heterocycles. The maximum atomic E-state index is 13.6. The average Bonchev–Trinajstić information content (AvgIpc) is 3.20. The standard InChI is InChI=1S/C23H15F3N2OS/c24-23(25,26)20-18(15-7-2-1-3-8-15)13-19(30-20)22(29)28-21(27)17-12-6-10-14-9-4-5-11-16(14)17/h1-13H,(H2,27,28,29).